The average Bonchev–Trinajstić information content (AvgIpc) is 3.39. The zero-order chi connectivity index (χ0) is 46.3. The predicted molar refractivity (Wildman–Crippen MR) is 260 cm³/mol. The Balaban J connectivity index is 1.16. The van der Waals surface area contributed by atoms with Gasteiger partial charge in [0.15, 0.2) is 0 Å². The molecule has 0 aliphatic rings. The third-order valence-electron chi connectivity index (χ3n) is 12.6. The minimum Gasteiger partial charge on any atom is -0.0616 e. The van der Waals surface area contributed by atoms with Crippen molar-refractivity contribution >= 4 is 97.0 Å². The molecule has 0 atom stereocenters. The summed E-state index contributed by atoms with van der Waals surface area (Å²) < 4.78 is 75.2. The fourth-order valence-corrected chi connectivity index (χ4v) is 10.1. The molecule has 0 heteroatoms. The molecule has 0 N–H and O–H groups in total. The normalized spacial score (nSPS) is 13.9. The van der Waals surface area contributed by atoms with Crippen LogP contribution in [-0.2, 0) is 0 Å². The minimum absolute atomic E-state index is 0.187. The molecule has 13 aromatic carbocycles. The maximum atomic E-state index is 9.74. The van der Waals surface area contributed by atoms with Crippen LogP contribution in [0.4, 0.5) is 0 Å². The van der Waals surface area contributed by atoms with Gasteiger partial charge in [-0.05, 0) is 142 Å². The summed E-state index contributed by atoms with van der Waals surface area (Å²) in [6, 6.07) is 54.9. The summed E-state index contributed by atoms with van der Waals surface area (Å²) in [6.07, 6.45) is 0. The van der Waals surface area contributed by atoms with Crippen LogP contribution in [0.5, 0.6) is 0 Å². The lowest BCUT2D eigenvalue weighted by Crippen LogP contribution is -1.93. The smallest absolute Gasteiger partial charge is 0.0616 e. The van der Waals surface area contributed by atoms with Gasteiger partial charge in [0.25, 0.3) is 0 Å². The summed E-state index contributed by atoms with van der Waals surface area (Å²) in [5, 5.41) is 15.5. The van der Waals surface area contributed by atoms with Crippen molar-refractivity contribution in [2.24, 2.45) is 0 Å². The number of hydrogen-bond acceptors (Lipinski definition) is 0. The first-order valence-corrected chi connectivity index (χ1v) is 20.3. The second kappa shape index (κ2) is 12.9. The van der Waals surface area contributed by atoms with Crippen molar-refractivity contribution in [3.8, 4) is 33.4 Å². The van der Waals surface area contributed by atoms with Gasteiger partial charge >= 0.3 is 0 Å². The molecule has 0 aliphatic heterocycles. The Morgan fingerprint density at radius 1 is 0.250 bits per heavy atom. The zero-order valence-electron chi connectivity index (χ0n) is 40.2. The van der Waals surface area contributed by atoms with E-state index in [0.29, 0.717) is 22.3 Å². The Hall–Kier alpha value is -7.80. The molecule has 0 spiro atoms. The molecule has 0 aliphatic carbocycles. The summed E-state index contributed by atoms with van der Waals surface area (Å²) in [5.74, 6) is 0. The highest BCUT2D eigenvalue weighted by Crippen LogP contribution is 2.49. The summed E-state index contributed by atoms with van der Waals surface area (Å²) in [5.41, 5.74) is 3.77. The lowest BCUT2D eigenvalue weighted by atomic mass is 9.82. The first-order chi connectivity index (χ1) is 33.1. The highest BCUT2D eigenvalue weighted by Gasteiger charge is 2.21. The molecule has 13 rings (SSSR count). The lowest BCUT2D eigenvalue weighted by molar-refractivity contribution is 1.64. The van der Waals surface area contributed by atoms with Crippen molar-refractivity contribution in [1.82, 2.24) is 0 Å². The van der Waals surface area contributed by atoms with Gasteiger partial charge in [0, 0.05) is 0 Å². The van der Waals surface area contributed by atoms with Crippen LogP contribution in [0.1, 0.15) is 11.0 Å². The fourth-order valence-electron chi connectivity index (χ4n) is 10.1. The van der Waals surface area contributed by atoms with Crippen LogP contribution in [0, 0.1) is 0 Å². The number of benzene rings is 13. The molecule has 0 radical (unpaired) electrons. The summed E-state index contributed by atoms with van der Waals surface area (Å²) in [7, 11) is 0. The first-order valence-electron chi connectivity index (χ1n) is 24.3. The van der Waals surface area contributed by atoms with E-state index in [1.54, 1.807) is 0 Å². The Morgan fingerprint density at radius 2 is 0.667 bits per heavy atom. The number of fused-ring (bicyclic) bond motifs is 15. The van der Waals surface area contributed by atoms with Gasteiger partial charge in [-0.3, -0.25) is 0 Å². The molecule has 13 aromatic rings. The van der Waals surface area contributed by atoms with Gasteiger partial charge < -0.3 is 0 Å². The zero-order valence-corrected chi connectivity index (χ0v) is 32.2. The van der Waals surface area contributed by atoms with Gasteiger partial charge in [-0.25, -0.2) is 0 Å². The maximum absolute atomic E-state index is 9.74. The van der Waals surface area contributed by atoms with Crippen molar-refractivity contribution in [2.75, 3.05) is 0 Å². The second-order valence-corrected chi connectivity index (χ2v) is 15.7. The van der Waals surface area contributed by atoms with Gasteiger partial charge in [0.1, 0.15) is 0 Å². The van der Waals surface area contributed by atoms with Gasteiger partial charge in [-0.2, -0.15) is 0 Å². The fraction of sp³-hybridized carbons (Fsp3) is 0. The largest absolute Gasteiger partial charge is 0.0629 e. The molecular weight excluding hydrogens is 721 g/mol. The summed E-state index contributed by atoms with van der Waals surface area (Å²) >= 11 is 0. The quantitative estimate of drug-likeness (QED) is 0.124. The van der Waals surface area contributed by atoms with Crippen molar-refractivity contribution < 1.29 is 11.0 Å². The molecule has 60 heavy (non-hydrogen) atoms. The topological polar surface area (TPSA) is 0 Å². The van der Waals surface area contributed by atoms with E-state index >= 15 is 0 Å². The average molecular weight is 765 g/mol. The van der Waals surface area contributed by atoms with Crippen molar-refractivity contribution in [3.05, 3.63) is 218 Å². The standard InChI is InChI=1S/C60H36/c1-2-16-41-37(15-1)31-34-40-35-54(45-20-6-8-22-47(45)58(40)41)38-29-32-39(33-30-38)57-50-25-11-13-27-52(50)60(53-28-14-12-26-51(53)57)56-36-55-44-19-4-3-17-42(44)43-18-5-9-23-48(43)59(55)49-24-10-7-21-46(49)56/h1-36H/i11D,12D,13D,14D,25D,26D,27D,28D. The van der Waals surface area contributed by atoms with Crippen molar-refractivity contribution in [3.63, 3.8) is 0 Å². The van der Waals surface area contributed by atoms with Crippen molar-refractivity contribution in [1.29, 1.82) is 0 Å². The molecule has 276 valence electrons. The molecule has 0 bridgehead atoms. The van der Waals surface area contributed by atoms with E-state index in [1.807, 2.05) is 72.8 Å². The molecule has 0 nitrogen and oxygen atoms in total. The highest BCUT2D eigenvalue weighted by molar-refractivity contribution is 6.35. The first kappa shape index (κ1) is 26.3. The predicted octanol–water partition coefficient (Wildman–Crippen LogP) is 17.1. The van der Waals surface area contributed by atoms with Crippen LogP contribution in [0.2, 0.25) is 0 Å². The number of rotatable bonds is 3. The van der Waals surface area contributed by atoms with Crippen LogP contribution >= 0.6 is 0 Å². The molecule has 0 amide bonds. The molecule has 0 aromatic heterocycles. The molecule has 0 saturated carbocycles. The van der Waals surface area contributed by atoms with E-state index in [0.717, 1.165) is 70.4 Å². The van der Waals surface area contributed by atoms with Crippen molar-refractivity contribution in [2.45, 2.75) is 0 Å². The van der Waals surface area contributed by atoms with Gasteiger partial charge in [-0.1, -0.05) is 206 Å². The van der Waals surface area contributed by atoms with Crippen LogP contribution in [0.15, 0.2) is 218 Å². The maximum Gasteiger partial charge on any atom is 0.0629 e. The SMILES string of the molecule is [2H]c1c([2H])c([2H])c2c(-c3cc4c5ccccc5c5ccccc5c4c4ccccc34)c3c([2H])c([2H])c([2H])c([2H])c3c(-c3ccc(-c4cc5ccc6ccccc6c5c5ccccc45)cc3)c2c1[2H]. The molecule has 0 saturated heterocycles. The van der Waals surface area contributed by atoms with Crippen LogP contribution in [0.25, 0.3) is 130 Å². The van der Waals surface area contributed by atoms with Gasteiger partial charge in [-0.15, -0.1) is 0 Å². The Labute approximate surface area is 358 Å². The Morgan fingerprint density at radius 3 is 1.28 bits per heavy atom. The van der Waals surface area contributed by atoms with Crippen LogP contribution < -0.4 is 0 Å². The third-order valence-corrected chi connectivity index (χ3v) is 12.6. The second-order valence-electron chi connectivity index (χ2n) is 15.7. The molecule has 0 unspecified atom stereocenters. The molecular formula is C60H36. The number of hydrogen-bond donors (Lipinski definition) is 0. The highest BCUT2D eigenvalue weighted by atomic mass is 14.2. The molecule has 0 heterocycles. The van der Waals surface area contributed by atoms with Crippen LogP contribution in [0.3, 0.4) is 0 Å². The summed E-state index contributed by atoms with van der Waals surface area (Å²) in [4.78, 5) is 0. The molecule has 0 fully saturated rings. The Kier molecular flexibility index (Phi) is 5.62. The minimum atomic E-state index is -0.428. The monoisotopic (exact) mass is 764 g/mol. The van der Waals surface area contributed by atoms with Crippen LogP contribution in [-0.4, -0.2) is 0 Å². The van der Waals surface area contributed by atoms with E-state index in [9.17, 15) is 5.48 Å². The summed E-state index contributed by atoms with van der Waals surface area (Å²) in [6.45, 7) is 0. The lowest BCUT2D eigenvalue weighted by Gasteiger charge is -2.21. The van der Waals surface area contributed by atoms with Gasteiger partial charge in [0.2, 0.25) is 0 Å². The van der Waals surface area contributed by atoms with E-state index in [1.165, 1.54) is 16.2 Å². The van der Waals surface area contributed by atoms with Gasteiger partial charge in [0.05, 0.1) is 11.0 Å². The van der Waals surface area contributed by atoms with E-state index in [2.05, 4.69) is 97.1 Å². The Bertz CT molecular complexity index is 4320. The third kappa shape index (κ3) is 4.73. The van der Waals surface area contributed by atoms with E-state index in [4.69, 9.17) is 5.48 Å². The van der Waals surface area contributed by atoms with E-state index in [-0.39, 0.29) is 45.7 Å². The van der Waals surface area contributed by atoms with E-state index < -0.39 is 24.2 Å².